The van der Waals surface area contributed by atoms with Crippen LogP contribution >= 0.6 is 11.6 Å². The molecule has 0 radical (unpaired) electrons. The molecule has 4 rings (SSSR count). The van der Waals surface area contributed by atoms with Crippen molar-refractivity contribution in [2.45, 2.75) is 0 Å². The number of amides is 1. The second-order valence-corrected chi connectivity index (χ2v) is 6.29. The highest BCUT2D eigenvalue weighted by atomic mass is 35.5. The van der Waals surface area contributed by atoms with Crippen molar-refractivity contribution in [3.8, 4) is 22.8 Å². The molecule has 0 saturated heterocycles. The summed E-state index contributed by atoms with van der Waals surface area (Å²) < 4.78 is 19.3. The highest BCUT2D eigenvalue weighted by Crippen LogP contribution is 2.28. The van der Waals surface area contributed by atoms with E-state index in [4.69, 9.17) is 16.1 Å². The van der Waals surface area contributed by atoms with Crippen LogP contribution in [0.3, 0.4) is 0 Å². The topological polar surface area (TPSA) is 68.0 Å². The van der Waals surface area contributed by atoms with Gasteiger partial charge in [0.25, 0.3) is 11.8 Å². The van der Waals surface area contributed by atoms with Crippen LogP contribution in [0.25, 0.3) is 22.8 Å². The predicted molar refractivity (Wildman–Crippen MR) is 105 cm³/mol. The van der Waals surface area contributed by atoms with Crippen LogP contribution in [0.4, 0.5) is 10.1 Å². The standard InChI is InChI=1S/C21H13ClFN3O2/c22-16-10-4-6-12-18(16)24-20(27)13-7-1-2-8-14(13)21-25-19(26-28-21)15-9-3-5-11-17(15)23/h1-12H,(H,24,27). The first-order chi connectivity index (χ1) is 13.6. The average Bonchev–Trinajstić information content (AvgIpc) is 3.20. The number of halogens is 2. The highest BCUT2D eigenvalue weighted by molar-refractivity contribution is 6.34. The van der Waals surface area contributed by atoms with Crippen molar-refractivity contribution in [1.29, 1.82) is 0 Å². The second-order valence-electron chi connectivity index (χ2n) is 5.88. The minimum absolute atomic E-state index is 0.106. The number of benzene rings is 3. The van der Waals surface area contributed by atoms with E-state index in [2.05, 4.69) is 15.5 Å². The lowest BCUT2D eigenvalue weighted by atomic mass is 10.1. The van der Waals surface area contributed by atoms with Gasteiger partial charge in [0.15, 0.2) is 0 Å². The fourth-order valence-corrected chi connectivity index (χ4v) is 2.89. The van der Waals surface area contributed by atoms with E-state index in [0.717, 1.165) is 0 Å². The molecule has 0 atom stereocenters. The number of hydrogen-bond donors (Lipinski definition) is 1. The molecule has 0 bridgehead atoms. The fourth-order valence-electron chi connectivity index (χ4n) is 2.70. The van der Waals surface area contributed by atoms with Crippen LogP contribution in [0.5, 0.6) is 0 Å². The summed E-state index contributed by atoms with van der Waals surface area (Å²) in [5.74, 6) is -0.619. The quantitative estimate of drug-likeness (QED) is 0.500. The Balaban J connectivity index is 1.68. The molecule has 0 aliphatic heterocycles. The number of carbonyl (C=O) groups excluding carboxylic acids is 1. The van der Waals surface area contributed by atoms with Gasteiger partial charge < -0.3 is 9.84 Å². The summed E-state index contributed by atoms with van der Waals surface area (Å²) in [4.78, 5) is 17.0. The van der Waals surface area contributed by atoms with Crippen molar-refractivity contribution in [3.63, 3.8) is 0 Å². The second kappa shape index (κ2) is 7.62. The summed E-state index contributed by atoms with van der Waals surface area (Å²) in [6.07, 6.45) is 0. The van der Waals surface area contributed by atoms with Crippen LogP contribution in [-0.4, -0.2) is 16.0 Å². The van der Waals surface area contributed by atoms with E-state index in [1.54, 1.807) is 66.7 Å². The molecule has 1 aromatic heterocycles. The van der Waals surface area contributed by atoms with Crippen molar-refractivity contribution in [1.82, 2.24) is 10.1 Å². The van der Waals surface area contributed by atoms with Crippen LogP contribution in [0, 0.1) is 5.82 Å². The van der Waals surface area contributed by atoms with E-state index in [-0.39, 0.29) is 23.2 Å². The molecule has 138 valence electrons. The summed E-state index contributed by atoms with van der Waals surface area (Å²) in [5, 5.41) is 7.03. The maximum atomic E-state index is 14.0. The lowest BCUT2D eigenvalue weighted by Crippen LogP contribution is -2.13. The molecule has 4 aromatic rings. The number of para-hydroxylation sites is 1. The monoisotopic (exact) mass is 393 g/mol. The Labute approximate surface area is 164 Å². The lowest BCUT2D eigenvalue weighted by molar-refractivity contribution is 0.102. The van der Waals surface area contributed by atoms with Gasteiger partial charge in [-0.3, -0.25) is 4.79 Å². The molecular formula is C21H13ClFN3O2. The third-order valence-electron chi connectivity index (χ3n) is 4.06. The molecule has 1 heterocycles. The number of aromatic nitrogens is 2. The van der Waals surface area contributed by atoms with Crippen LogP contribution < -0.4 is 5.32 Å². The first kappa shape index (κ1) is 17.9. The van der Waals surface area contributed by atoms with Gasteiger partial charge in [0, 0.05) is 0 Å². The van der Waals surface area contributed by atoms with Crippen molar-refractivity contribution in [2.24, 2.45) is 0 Å². The zero-order valence-corrected chi connectivity index (χ0v) is 15.2. The van der Waals surface area contributed by atoms with Gasteiger partial charge in [-0.05, 0) is 36.4 Å². The zero-order chi connectivity index (χ0) is 19.5. The van der Waals surface area contributed by atoms with Gasteiger partial charge in [-0.15, -0.1) is 0 Å². The molecule has 0 aliphatic rings. The van der Waals surface area contributed by atoms with E-state index < -0.39 is 5.82 Å². The minimum atomic E-state index is -0.459. The predicted octanol–water partition coefficient (Wildman–Crippen LogP) is 5.45. The molecule has 0 fully saturated rings. The smallest absolute Gasteiger partial charge is 0.259 e. The van der Waals surface area contributed by atoms with Gasteiger partial charge >= 0.3 is 0 Å². The van der Waals surface area contributed by atoms with E-state index in [1.807, 2.05) is 0 Å². The molecule has 0 unspecified atom stereocenters. The largest absolute Gasteiger partial charge is 0.334 e. The molecule has 1 amide bonds. The number of rotatable bonds is 4. The number of carbonyl (C=O) groups is 1. The minimum Gasteiger partial charge on any atom is -0.334 e. The molecule has 0 aliphatic carbocycles. The van der Waals surface area contributed by atoms with Crippen molar-refractivity contribution in [3.05, 3.63) is 89.2 Å². The summed E-state index contributed by atoms with van der Waals surface area (Å²) in [6, 6.07) is 19.8. The molecular weight excluding hydrogens is 381 g/mol. The average molecular weight is 394 g/mol. The van der Waals surface area contributed by atoms with Gasteiger partial charge in [0.2, 0.25) is 5.82 Å². The zero-order valence-electron chi connectivity index (χ0n) is 14.4. The summed E-state index contributed by atoms with van der Waals surface area (Å²) in [5.41, 5.74) is 1.46. The van der Waals surface area contributed by atoms with Gasteiger partial charge in [-0.2, -0.15) is 4.98 Å². The molecule has 7 heteroatoms. The molecule has 1 N–H and O–H groups in total. The van der Waals surface area contributed by atoms with E-state index in [9.17, 15) is 9.18 Å². The maximum Gasteiger partial charge on any atom is 0.259 e. The Morgan fingerprint density at radius 1 is 0.929 bits per heavy atom. The first-order valence-corrected chi connectivity index (χ1v) is 8.75. The van der Waals surface area contributed by atoms with E-state index in [0.29, 0.717) is 21.8 Å². The van der Waals surface area contributed by atoms with Crippen LogP contribution in [0.1, 0.15) is 10.4 Å². The van der Waals surface area contributed by atoms with Crippen LogP contribution in [-0.2, 0) is 0 Å². The Bertz CT molecular complexity index is 1160. The Kier molecular flexibility index (Phi) is 4.87. The van der Waals surface area contributed by atoms with Gasteiger partial charge in [-0.25, -0.2) is 4.39 Å². The van der Waals surface area contributed by atoms with Crippen LogP contribution in [0.2, 0.25) is 5.02 Å². The first-order valence-electron chi connectivity index (χ1n) is 8.37. The molecule has 3 aromatic carbocycles. The highest BCUT2D eigenvalue weighted by Gasteiger charge is 2.19. The molecule has 0 saturated carbocycles. The summed E-state index contributed by atoms with van der Waals surface area (Å²) in [7, 11) is 0. The number of nitrogens with zero attached hydrogens (tertiary/aromatic N) is 2. The fraction of sp³-hybridized carbons (Fsp3) is 0. The van der Waals surface area contributed by atoms with E-state index >= 15 is 0 Å². The Morgan fingerprint density at radius 2 is 1.61 bits per heavy atom. The molecule has 28 heavy (non-hydrogen) atoms. The van der Waals surface area contributed by atoms with Crippen molar-refractivity contribution in [2.75, 3.05) is 5.32 Å². The number of nitrogens with one attached hydrogen (secondary N) is 1. The van der Waals surface area contributed by atoms with Gasteiger partial charge in [0.05, 0.1) is 27.4 Å². The SMILES string of the molecule is O=C(Nc1ccccc1Cl)c1ccccc1-c1nc(-c2ccccc2F)no1. The third-order valence-corrected chi connectivity index (χ3v) is 4.39. The van der Waals surface area contributed by atoms with Crippen LogP contribution in [0.15, 0.2) is 77.3 Å². The lowest BCUT2D eigenvalue weighted by Gasteiger charge is -2.09. The third kappa shape index (κ3) is 3.50. The molecule has 5 nitrogen and oxygen atoms in total. The van der Waals surface area contributed by atoms with Crippen molar-refractivity contribution < 1.29 is 13.7 Å². The normalized spacial score (nSPS) is 10.6. The van der Waals surface area contributed by atoms with E-state index in [1.165, 1.54) is 6.07 Å². The maximum absolute atomic E-state index is 14.0. The van der Waals surface area contributed by atoms with Gasteiger partial charge in [-0.1, -0.05) is 53.2 Å². The summed E-state index contributed by atoms with van der Waals surface area (Å²) in [6.45, 7) is 0. The Morgan fingerprint density at radius 3 is 2.39 bits per heavy atom. The number of anilines is 1. The number of hydrogen-bond acceptors (Lipinski definition) is 4. The molecule has 0 spiro atoms. The van der Waals surface area contributed by atoms with Gasteiger partial charge in [0.1, 0.15) is 5.82 Å². The Hall–Kier alpha value is -3.51. The summed E-state index contributed by atoms with van der Waals surface area (Å²) >= 11 is 6.11. The van der Waals surface area contributed by atoms with Crippen molar-refractivity contribution >= 4 is 23.2 Å².